The number of hydrazine groups is 2. The summed E-state index contributed by atoms with van der Waals surface area (Å²) in [7, 11) is 0. The van der Waals surface area contributed by atoms with Gasteiger partial charge in [0.25, 0.3) is 0 Å². The maximum atomic E-state index is 9.66. The summed E-state index contributed by atoms with van der Waals surface area (Å²) < 4.78 is 0. The monoisotopic (exact) mass is 284 g/mol. The molecule has 1 aliphatic rings. The van der Waals surface area contributed by atoms with Gasteiger partial charge in [-0.3, -0.25) is 5.01 Å². The molecule has 6 nitrogen and oxygen atoms in total. The summed E-state index contributed by atoms with van der Waals surface area (Å²) in [6.45, 7) is 0.273. The largest absolute Gasteiger partial charge is 0.508 e. The fourth-order valence-electron chi connectivity index (χ4n) is 2.13. The van der Waals surface area contributed by atoms with Crippen molar-refractivity contribution in [2.24, 2.45) is 5.73 Å². The minimum atomic E-state index is 0.191. The van der Waals surface area contributed by atoms with Crippen molar-refractivity contribution in [2.45, 2.75) is 6.54 Å². The lowest BCUT2D eigenvalue weighted by Crippen LogP contribution is -2.36. The Morgan fingerprint density at radius 1 is 1.05 bits per heavy atom. The van der Waals surface area contributed by atoms with Crippen molar-refractivity contribution in [1.29, 1.82) is 0 Å². The molecule has 0 aromatic heterocycles. The number of benzene rings is 2. The molecule has 0 saturated heterocycles. The molecule has 21 heavy (non-hydrogen) atoms. The fourth-order valence-corrected chi connectivity index (χ4v) is 2.13. The average Bonchev–Trinajstić information content (AvgIpc) is 2.98. The van der Waals surface area contributed by atoms with Gasteiger partial charge < -0.3 is 21.4 Å². The quantitative estimate of drug-likeness (QED) is 0.585. The molecule has 0 radical (unpaired) electrons. The van der Waals surface area contributed by atoms with E-state index in [1.807, 2.05) is 24.4 Å². The van der Waals surface area contributed by atoms with E-state index in [1.54, 1.807) is 29.3 Å². The summed E-state index contributed by atoms with van der Waals surface area (Å²) in [6, 6.07) is 12.1. The second-order valence-corrected chi connectivity index (χ2v) is 4.71. The highest BCUT2D eigenvalue weighted by molar-refractivity contribution is 5.70. The van der Waals surface area contributed by atoms with E-state index in [9.17, 15) is 10.2 Å². The van der Waals surface area contributed by atoms with Gasteiger partial charge in [0.15, 0.2) is 0 Å². The molecule has 0 fully saturated rings. The van der Waals surface area contributed by atoms with Gasteiger partial charge in [-0.1, -0.05) is 0 Å². The first kappa shape index (κ1) is 13.3. The molecule has 0 unspecified atom stereocenters. The van der Waals surface area contributed by atoms with Gasteiger partial charge in [0.2, 0.25) is 0 Å². The summed E-state index contributed by atoms with van der Waals surface area (Å²) in [4.78, 5) is 0. The molecule has 108 valence electrons. The molecule has 6 heteroatoms. The maximum Gasteiger partial charge on any atom is 0.120 e. The highest BCUT2D eigenvalue weighted by atomic mass is 16.3. The van der Waals surface area contributed by atoms with E-state index in [1.165, 1.54) is 0 Å². The normalized spacial score (nSPS) is 14.0. The molecule has 0 amide bonds. The number of nitrogens with two attached hydrogens (primary N) is 1. The number of anilines is 1. The third-order valence-electron chi connectivity index (χ3n) is 3.31. The number of hydrogen-bond acceptors (Lipinski definition) is 6. The molecular weight excluding hydrogens is 268 g/mol. The SMILES string of the molecule is NCc1cc(N2C=C(c3ccc(O)cc3)NN2)ccc1O. The van der Waals surface area contributed by atoms with Crippen LogP contribution in [0.15, 0.2) is 48.7 Å². The van der Waals surface area contributed by atoms with Gasteiger partial charge in [0.05, 0.1) is 11.4 Å². The van der Waals surface area contributed by atoms with E-state index in [0.29, 0.717) is 5.56 Å². The Kier molecular flexibility index (Phi) is 3.39. The topological polar surface area (TPSA) is 93.8 Å². The first-order valence-corrected chi connectivity index (χ1v) is 6.51. The lowest BCUT2D eigenvalue weighted by atomic mass is 10.1. The van der Waals surface area contributed by atoms with E-state index in [4.69, 9.17) is 5.73 Å². The van der Waals surface area contributed by atoms with Crippen LogP contribution in [-0.4, -0.2) is 10.2 Å². The van der Waals surface area contributed by atoms with Crippen molar-refractivity contribution in [2.75, 3.05) is 5.01 Å². The number of aromatic hydroxyl groups is 2. The molecule has 0 spiro atoms. The van der Waals surface area contributed by atoms with Crippen molar-refractivity contribution in [1.82, 2.24) is 11.0 Å². The average molecular weight is 284 g/mol. The Balaban J connectivity index is 1.87. The number of rotatable bonds is 3. The lowest BCUT2D eigenvalue weighted by molar-refractivity contribution is 0.468. The smallest absolute Gasteiger partial charge is 0.120 e. The maximum absolute atomic E-state index is 9.66. The van der Waals surface area contributed by atoms with Gasteiger partial charge in [-0.15, -0.1) is 5.53 Å². The molecule has 2 aromatic carbocycles. The number of nitrogens with one attached hydrogen (secondary N) is 2. The van der Waals surface area contributed by atoms with Crippen molar-refractivity contribution in [3.05, 3.63) is 59.8 Å². The van der Waals surface area contributed by atoms with Gasteiger partial charge in [0.1, 0.15) is 11.5 Å². The van der Waals surface area contributed by atoms with E-state index >= 15 is 0 Å². The zero-order chi connectivity index (χ0) is 14.8. The minimum absolute atomic E-state index is 0.191. The van der Waals surface area contributed by atoms with E-state index in [2.05, 4.69) is 11.0 Å². The molecule has 6 N–H and O–H groups in total. The number of phenolic OH excluding ortho intramolecular Hbond substituents is 2. The molecule has 0 bridgehead atoms. The van der Waals surface area contributed by atoms with E-state index < -0.39 is 0 Å². The molecular formula is C15H16N4O2. The lowest BCUT2D eigenvalue weighted by Gasteiger charge is -2.16. The molecule has 1 heterocycles. The van der Waals surface area contributed by atoms with Gasteiger partial charge in [-0.2, -0.15) is 0 Å². The number of phenols is 2. The molecule has 0 atom stereocenters. The molecule has 0 aliphatic carbocycles. The van der Waals surface area contributed by atoms with Crippen molar-refractivity contribution >= 4 is 11.4 Å². The van der Waals surface area contributed by atoms with Crippen LogP contribution < -0.4 is 21.7 Å². The zero-order valence-corrected chi connectivity index (χ0v) is 11.2. The zero-order valence-electron chi connectivity index (χ0n) is 11.2. The van der Waals surface area contributed by atoms with Crippen LogP contribution in [0.2, 0.25) is 0 Å². The number of nitrogens with zero attached hydrogens (tertiary/aromatic N) is 1. The van der Waals surface area contributed by atoms with E-state index in [0.717, 1.165) is 16.9 Å². The fraction of sp³-hybridized carbons (Fsp3) is 0.0667. The number of hydrogen-bond donors (Lipinski definition) is 5. The van der Waals surface area contributed by atoms with Gasteiger partial charge in [-0.25, -0.2) is 0 Å². The van der Waals surface area contributed by atoms with Crippen LogP contribution in [0.1, 0.15) is 11.1 Å². The molecule has 0 saturated carbocycles. The van der Waals surface area contributed by atoms with Crippen LogP contribution in [0, 0.1) is 0 Å². The van der Waals surface area contributed by atoms with Crippen molar-refractivity contribution in [3.63, 3.8) is 0 Å². The third kappa shape index (κ3) is 2.62. The summed E-state index contributed by atoms with van der Waals surface area (Å²) in [5.41, 5.74) is 15.0. The highest BCUT2D eigenvalue weighted by Gasteiger charge is 2.15. The van der Waals surface area contributed by atoms with Gasteiger partial charge in [-0.05, 0) is 42.5 Å². The summed E-state index contributed by atoms with van der Waals surface area (Å²) >= 11 is 0. The second kappa shape index (κ2) is 5.35. The minimum Gasteiger partial charge on any atom is -0.508 e. The molecule has 3 rings (SSSR count). The Morgan fingerprint density at radius 3 is 2.52 bits per heavy atom. The van der Waals surface area contributed by atoms with Crippen LogP contribution in [0.25, 0.3) is 5.70 Å². The van der Waals surface area contributed by atoms with Crippen LogP contribution >= 0.6 is 0 Å². The van der Waals surface area contributed by atoms with Crippen LogP contribution in [0.5, 0.6) is 11.5 Å². The van der Waals surface area contributed by atoms with Crippen LogP contribution in [0.4, 0.5) is 5.69 Å². The van der Waals surface area contributed by atoms with Crippen LogP contribution in [-0.2, 0) is 6.54 Å². The highest BCUT2D eigenvalue weighted by Crippen LogP contribution is 2.26. The summed E-state index contributed by atoms with van der Waals surface area (Å²) in [5, 5.41) is 20.8. The first-order chi connectivity index (χ1) is 10.2. The molecule has 1 aliphatic heterocycles. The summed E-state index contributed by atoms with van der Waals surface area (Å²) in [5.74, 6) is 0.421. The van der Waals surface area contributed by atoms with Gasteiger partial charge >= 0.3 is 0 Å². The molecule has 2 aromatic rings. The van der Waals surface area contributed by atoms with E-state index in [-0.39, 0.29) is 18.0 Å². The Labute approximate surface area is 122 Å². The van der Waals surface area contributed by atoms with Gasteiger partial charge in [0, 0.05) is 23.9 Å². The second-order valence-electron chi connectivity index (χ2n) is 4.71. The third-order valence-corrected chi connectivity index (χ3v) is 3.31. The van der Waals surface area contributed by atoms with Crippen molar-refractivity contribution < 1.29 is 10.2 Å². The Hall–Kier alpha value is -2.70. The Bertz CT molecular complexity index is 683. The summed E-state index contributed by atoms with van der Waals surface area (Å²) in [6.07, 6.45) is 1.89. The van der Waals surface area contributed by atoms with Crippen LogP contribution in [0.3, 0.4) is 0 Å². The Morgan fingerprint density at radius 2 is 1.81 bits per heavy atom. The standard InChI is InChI=1S/C15H16N4O2/c16-8-11-7-12(3-6-15(11)21)19-9-14(17-18-19)10-1-4-13(20)5-2-10/h1-7,9,17-18,20-21H,8,16H2. The predicted molar refractivity (Wildman–Crippen MR) is 80.8 cm³/mol. The first-order valence-electron chi connectivity index (χ1n) is 6.51. The van der Waals surface area contributed by atoms with Crippen molar-refractivity contribution in [3.8, 4) is 11.5 Å². The predicted octanol–water partition coefficient (Wildman–Crippen LogP) is 1.38.